The zero-order chi connectivity index (χ0) is 16.5. The molecule has 1 aliphatic rings. The normalized spacial score (nSPS) is 21.7. The summed E-state index contributed by atoms with van der Waals surface area (Å²) in [6.45, 7) is 5.75. The van der Waals surface area contributed by atoms with Crippen molar-refractivity contribution in [3.05, 3.63) is 34.9 Å². The van der Waals surface area contributed by atoms with Crippen molar-refractivity contribution in [2.45, 2.75) is 32.3 Å². The van der Waals surface area contributed by atoms with Gasteiger partial charge in [0.05, 0.1) is 5.92 Å². The van der Waals surface area contributed by atoms with Crippen LogP contribution in [-0.2, 0) is 9.53 Å². The van der Waals surface area contributed by atoms with Gasteiger partial charge >= 0.3 is 12.1 Å². The number of amides is 1. The molecule has 6 heteroatoms. The van der Waals surface area contributed by atoms with E-state index in [0.29, 0.717) is 5.02 Å². The van der Waals surface area contributed by atoms with Gasteiger partial charge in [0.1, 0.15) is 5.60 Å². The molecular weight excluding hydrogens is 306 g/mol. The van der Waals surface area contributed by atoms with Crippen molar-refractivity contribution >= 4 is 23.7 Å². The average Bonchev–Trinajstić information content (AvgIpc) is 2.82. The van der Waals surface area contributed by atoms with Crippen LogP contribution in [0.4, 0.5) is 4.79 Å². The zero-order valence-electron chi connectivity index (χ0n) is 12.9. The second-order valence-electron chi connectivity index (χ2n) is 6.46. The highest BCUT2D eigenvalue weighted by Gasteiger charge is 2.42. The summed E-state index contributed by atoms with van der Waals surface area (Å²) in [5.74, 6) is -1.96. The summed E-state index contributed by atoms with van der Waals surface area (Å²) < 4.78 is 5.33. The fourth-order valence-corrected chi connectivity index (χ4v) is 2.90. The Bertz CT molecular complexity index is 582. The number of rotatable bonds is 2. The molecule has 2 atom stereocenters. The number of ether oxygens (including phenoxy) is 1. The van der Waals surface area contributed by atoms with Crippen LogP contribution in [0.25, 0.3) is 0 Å². The Kier molecular flexibility index (Phi) is 4.66. The van der Waals surface area contributed by atoms with Gasteiger partial charge < -0.3 is 14.7 Å². The first-order chi connectivity index (χ1) is 10.2. The minimum absolute atomic E-state index is 0.125. The SMILES string of the molecule is CC(C)(C)OC(=O)N1CC(C(=O)O)C(c2ccccc2Cl)C1. The number of likely N-dealkylation sites (tertiary alicyclic amines) is 1. The fraction of sp³-hybridized carbons (Fsp3) is 0.500. The van der Waals surface area contributed by atoms with Gasteiger partial charge in [-0.15, -0.1) is 0 Å². The molecule has 5 nitrogen and oxygen atoms in total. The third-order valence-corrected chi connectivity index (χ3v) is 3.94. The van der Waals surface area contributed by atoms with Crippen LogP contribution in [-0.4, -0.2) is 40.8 Å². The Labute approximate surface area is 134 Å². The van der Waals surface area contributed by atoms with Crippen LogP contribution in [0.3, 0.4) is 0 Å². The Morgan fingerprint density at radius 1 is 1.27 bits per heavy atom. The van der Waals surface area contributed by atoms with E-state index in [9.17, 15) is 14.7 Å². The topological polar surface area (TPSA) is 66.8 Å². The van der Waals surface area contributed by atoms with Crippen molar-refractivity contribution in [3.8, 4) is 0 Å². The van der Waals surface area contributed by atoms with Crippen LogP contribution < -0.4 is 0 Å². The van der Waals surface area contributed by atoms with E-state index in [0.717, 1.165) is 5.56 Å². The molecule has 1 amide bonds. The van der Waals surface area contributed by atoms with Gasteiger partial charge in [-0.2, -0.15) is 0 Å². The monoisotopic (exact) mass is 325 g/mol. The van der Waals surface area contributed by atoms with Crippen molar-refractivity contribution in [3.63, 3.8) is 0 Å². The Morgan fingerprint density at radius 2 is 1.91 bits per heavy atom. The summed E-state index contributed by atoms with van der Waals surface area (Å²) in [4.78, 5) is 25.1. The summed E-state index contributed by atoms with van der Waals surface area (Å²) in [5.41, 5.74) is 0.140. The summed E-state index contributed by atoms with van der Waals surface area (Å²) >= 11 is 6.18. The summed E-state index contributed by atoms with van der Waals surface area (Å²) in [6, 6.07) is 7.14. The van der Waals surface area contributed by atoms with Crippen molar-refractivity contribution < 1.29 is 19.4 Å². The number of carboxylic acids is 1. The lowest BCUT2D eigenvalue weighted by atomic mass is 9.89. The molecule has 0 spiro atoms. The summed E-state index contributed by atoms with van der Waals surface area (Å²) in [5, 5.41) is 9.96. The molecule has 1 aliphatic heterocycles. The molecule has 0 bridgehead atoms. The minimum Gasteiger partial charge on any atom is -0.481 e. The van der Waals surface area contributed by atoms with E-state index in [1.54, 1.807) is 32.9 Å². The molecular formula is C16H20ClNO4. The first-order valence-electron chi connectivity index (χ1n) is 7.14. The van der Waals surface area contributed by atoms with E-state index < -0.39 is 23.6 Å². The van der Waals surface area contributed by atoms with E-state index in [1.807, 2.05) is 12.1 Å². The van der Waals surface area contributed by atoms with Gasteiger partial charge in [0.25, 0.3) is 0 Å². The lowest BCUT2D eigenvalue weighted by Crippen LogP contribution is -2.35. The molecule has 0 aliphatic carbocycles. The molecule has 0 saturated carbocycles. The summed E-state index contributed by atoms with van der Waals surface area (Å²) in [7, 11) is 0. The number of nitrogens with zero attached hydrogens (tertiary/aromatic N) is 1. The number of hydrogen-bond donors (Lipinski definition) is 1. The first-order valence-corrected chi connectivity index (χ1v) is 7.52. The van der Waals surface area contributed by atoms with Crippen molar-refractivity contribution in [2.24, 2.45) is 5.92 Å². The molecule has 22 heavy (non-hydrogen) atoms. The van der Waals surface area contributed by atoms with Gasteiger partial charge in [-0.25, -0.2) is 4.79 Å². The molecule has 2 rings (SSSR count). The third kappa shape index (κ3) is 3.71. The van der Waals surface area contributed by atoms with Crippen molar-refractivity contribution in [1.82, 2.24) is 4.90 Å². The highest BCUT2D eigenvalue weighted by molar-refractivity contribution is 6.31. The van der Waals surface area contributed by atoms with Crippen LogP contribution >= 0.6 is 11.6 Å². The maximum atomic E-state index is 12.2. The molecule has 2 unspecified atom stereocenters. The molecule has 1 N–H and O–H groups in total. The van der Waals surface area contributed by atoms with Gasteiger partial charge in [-0.05, 0) is 32.4 Å². The zero-order valence-corrected chi connectivity index (χ0v) is 13.6. The molecule has 1 fully saturated rings. The van der Waals surface area contributed by atoms with Gasteiger partial charge in [0.2, 0.25) is 0 Å². The Morgan fingerprint density at radius 3 is 2.45 bits per heavy atom. The van der Waals surface area contributed by atoms with E-state index in [1.165, 1.54) is 4.90 Å². The van der Waals surface area contributed by atoms with Gasteiger partial charge in [-0.3, -0.25) is 4.79 Å². The van der Waals surface area contributed by atoms with Gasteiger partial charge in [0.15, 0.2) is 0 Å². The average molecular weight is 326 g/mol. The Balaban J connectivity index is 2.22. The van der Waals surface area contributed by atoms with Crippen LogP contribution in [0.5, 0.6) is 0 Å². The standard InChI is InChI=1S/C16H20ClNO4/c1-16(2,3)22-15(21)18-8-11(12(9-18)14(19)20)10-6-4-5-7-13(10)17/h4-7,11-12H,8-9H2,1-3H3,(H,19,20). The number of aliphatic carboxylic acids is 1. The highest BCUT2D eigenvalue weighted by atomic mass is 35.5. The maximum absolute atomic E-state index is 12.2. The number of hydrogen-bond acceptors (Lipinski definition) is 3. The second kappa shape index (κ2) is 6.16. The number of carboxylic acid groups (broad SMARTS) is 1. The van der Waals surface area contributed by atoms with E-state index in [-0.39, 0.29) is 19.0 Å². The van der Waals surface area contributed by atoms with E-state index >= 15 is 0 Å². The minimum atomic E-state index is -0.934. The predicted molar refractivity (Wildman–Crippen MR) is 83.1 cm³/mol. The lowest BCUT2D eigenvalue weighted by Gasteiger charge is -2.24. The fourth-order valence-electron chi connectivity index (χ4n) is 2.62. The van der Waals surface area contributed by atoms with Crippen LogP contribution in [0, 0.1) is 5.92 Å². The van der Waals surface area contributed by atoms with Crippen LogP contribution in [0.15, 0.2) is 24.3 Å². The number of benzene rings is 1. The second-order valence-corrected chi connectivity index (χ2v) is 6.87. The maximum Gasteiger partial charge on any atom is 0.410 e. The van der Waals surface area contributed by atoms with Crippen molar-refractivity contribution in [1.29, 1.82) is 0 Å². The van der Waals surface area contributed by atoms with Crippen LogP contribution in [0.2, 0.25) is 5.02 Å². The number of carbonyl (C=O) groups excluding carboxylic acids is 1. The first kappa shape index (κ1) is 16.6. The molecule has 0 aromatic heterocycles. The number of carbonyl (C=O) groups is 2. The van der Waals surface area contributed by atoms with E-state index in [4.69, 9.17) is 16.3 Å². The highest BCUT2D eigenvalue weighted by Crippen LogP contribution is 2.36. The lowest BCUT2D eigenvalue weighted by molar-refractivity contribution is -0.141. The van der Waals surface area contributed by atoms with E-state index in [2.05, 4.69) is 0 Å². The largest absolute Gasteiger partial charge is 0.481 e. The van der Waals surface area contributed by atoms with Gasteiger partial charge in [-0.1, -0.05) is 29.8 Å². The van der Waals surface area contributed by atoms with Crippen LogP contribution in [0.1, 0.15) is 32.3 Å². The molecule has 0 radical (unpaired) electrons. The molecule has 120 valence electrons. The van der Waals surface area contributed by atoms with Crippen molar-refractivity contribution in [2.75, 3.05) is 13.1 Å². The quantitative estimate of drug-likeness (QED) is 0.905. The molecule has 1 heterocycles. The molecule has 1 aromatic rings. The third-order valence-electron chi connectivity index (χ3n) is 3.59. The smallest absolute Gasteiger partial charge is 0.410 e. The summed E-state index contributed by atoms with van der Waals surface area (Å²) in [6.07, 6.45) is -0.492. The van der Waals surface area contributed by atoms with Gasteiger partial charge in [0, 0.05) is 24.0 Å². The predicted octanol–water partition coefficient (Wildman–Crippen LogP) is 3.38. The molecule has 1 aromatic carbocycles. The molecule has 1 saturated heterocycles. The Hall–Kier alpha value is -1.75. The number of halogens is 1.